The summed E-state index contributed by atoms with van der Waals surface area (Å²) >= 11 is 12.3. The van der Waals surface area contributed by atoms with Crippen LogP contribution in [0.5, 0.6) is 0 Å². The Hall–Kier alpha value is -2.29. The maximum atomic E-state index is 12.6. The summed E-state index contributed by atoms with van der Waals surface area (Å²) in [6.07, 6.45) is 2.83. The average molecular weight is 512 g/mol. The largest absolute Gasteiger partial charge is 0.352 e. The van der Waals surface area contributed by atoms with Crippen LogP contribution in [0.2, 0.25) is 10.0 Å². The fourth-order valence-electron chi connectivity index (χ4n) is 3.80. The number of nitrogens with one attached hydrogen (secondary N) is 1. The normalized spacial score (nSPS) is 14.7. The van der Waals surface area contributed by atoms with E-state index in [1.54, 1.807) is 49.4 Å². The van der Waals surface area contributed by atoms with Crippen molar-refractivity contribution in [1.29, 1.82) is 0 Å². The number of likely N-dealkylation sites (tertiary alicyclic amines) is 1. The van der Waals surface area contributed by atoms with Gasteiger partial charge in [0.15, 0.2) is 0 Å². The Morgan fingerprint density at radius 1 is 1.09 bits per heavy atom. The van der Waals surface area contributed by atoms with E-state index in [4.69, 9.17) is 23.2 Å². The first-order chi connectivity index (χ1) is 15.6. The zero-order chi connectivity index (χ0) is 24.2. The van der Waals surface area contributed by atoms with Gasteiger partial charge in [0.05, 0.1) is 28.5 Å². The fraction of sp³-hybridized carbons (Fsp3) is 0.391. The Morgan fingerprint density at radius 3 is 2.30 bits per heavy atom. The number of halogens is 2. The number of amides is 2. The molecule has 0 saturated carbocycles. The molecule has 2 aromatic carbocycles. The third-order valence-electron chi connectivity index (χ3n) is 5.77. The summed E-state index contributed by atoms with van der Waals surface area (Å²) in [4.78, 5) is 25.8. The lowest BCUT2D eigenvalue weighted by molar-refractivity contribution is -0.130. The third-order valence-corrected chi connectivity index (χ3v) is 7.77. The lowest BCUT2D eigenvalue weighted by Crippen LogP contribution is -2.40. The second kappa shape index (κ2) is 10.8. The van der Waals surface area contributed by atoms with Gasteiger partial charge in [0, 0.05) is 32.1 Å². The second-order valence-corrected chi connectivity index (χ2v) is 10.9. The van der Waals surface area contributed by atoms with Gasteiger partial charge in [-0.25, -0.2) is 8.42 Å². The Labute approximate surface area is 204 Å². The van der Waals surface area contributed by atoms with Crippen molar-refractivity contribution in [2.75, 3.05) is 30.2 Å². The molecule has 1 saturated heterocycles. The number of piperidine rings is 1. The molecule has 1 aliphatic rings. The van der Waals surface area contributed by atoms with Gasteiger partial charge in [-0.2, -0.15) is 0 Å². The number of hydrogen-bond donors (Lipinski definition) is 1. The summed E-state index contributed by atoms with van der Waals surface area (Å²) in [5.74, 6) is 0.185. The molecule has 1 aliphatic heterocycles. The molecule has 2 aromatic rings. The zero-order valence-electron chi connectivity index (χ0n) is 18.6. The molecule has 0 aliphatic carbocycles. The number of rotatable bonds is 7. The molecule has 7 nitrogen and oxygen atoms in total. The van der Waals surface area contributed by atoms with Crippen molar-refractivity contribution in [3.8, 4) is 0 Å². The molecule has 2 amide bonds. The van der Waals surface area contributed by atoms with Crippen molar-refractivity contribution in [3.05, 3.63) is 63.6 Å². The zero-order valence-corrected chi connectivity index (χ0v) is 20.9. The summed E-state index contributed by atoms with van der Waals surface area (Å²) in [5, 5.41) is 3.59. The number of hydrogen-bond acceptors (Lipinski definition) is 4. The van der Waals surface area contributed by atoms with Gasteiger partial charge in [0.25, 0.3) is 5.91 Å². The van der Waals surface area contributed by atoms with Gasteiger partial charge in [-0.1, -0.05) is 35.3 Å². The highest BCUT2D eigenvalue weighted by molar-refractivity contribution is 7.92. The molecule has 1 N–H and O–H groups in total. The van der Waals surface area contributed by atoms with Crippen LogP contribution >= 0.6 is 23.2 Å². The molecular weight excluding hydrogens is 485 g/mol. The lowest BCUT2D eigenvalue weighted by atomic mass is 9.96. The van der Waals surface area contributed by atoms with Crippen molar-refractivity contribution in [2.24, 2.45) is 5.92 Å². The Balaban J connectivity index is 1.65. The number of carbonyl (C=O) groups is 2. The van der Waals surface area contributed by atoms with E-state index in [2.05, 4.69) is 5.32 Å². The minimum atomic E-state index is -3.61. The van der Waals surface area contributed by atoms with E-state index < -0.39 is 10.0 Å². The molecule has 0 bridgehead atoms. The average Bonchev–Trinajstić information content (AvgIpc) is 2.78. The van der Waals surface area contributed by atoms with Gasteiger partial charge in [-0.15, -0.1) is 0 Å². The standard InChI is InChI=1S/C23H27Cl2N3O4S/c1-16(29)27-12-10-17(11-13-27)14-26-23(30)18-6-8-20(9-7-18)28(33(2,31)32)15-19-4-3-5-21(24)22(19)25/h3-9,17H,10-15H2,1-2H3,(H,26,30). The van der Waals surface area contributed by atoms with E-state index in [1.807, 2.05) is 4.90 Å². The van der Waals surface area contributed by atoms with E-state index in [-0.39, 0.29) is 18.4 Å². The predicted molar refractivity (Wildman–Crippen MR) is 131 cm³/mol. The van der Waals surface area contributed by atoms with E-state index in [1.165, 1.54) is 4.31 Å². The molecule has 1 fully saturated rings. The molecule has 10 heteroatoms. The van der Waals surface area contributed by atoms with Crippen LogP contribution < -0.4 is 9.62 Å². The molecule has 178 valence electrons. The highest BCUT2D eigenvalue weighted by atomic mass is 35.5. The molecule has 1 heterocycles. The summed E-state index contributed by atoms with van der Waals surface area (Å²) < 4.78 is 26.1. The molecule has 33 heavy (non-hydrogen) atoms. The van der Waals surface area contributed by atoms with Gasteiger partial charge in [-0.3, -0.25) is 13.9 Å². The van der Waals surface area contributed by atoms with E-state index >= 15 is 0 Å². The van der Waals surface area contributed by atoms with Crippen molar-refractivity contribution in [3.63, 3.8) is 0 Å². The topological polar surface area (TPSA) is 86.8 Å². The molecule has 3 rings (SSSR count). The van der Waals surface area contributed by atoms with Crippen LogP contribution in [0.15, 0.2) is 42.5 Å². The van der Waals surface area contributed by atoms with Gasteiger partial charge >= 0.3 is 0 Å². The minimum absolute atomic E-state index is 0.0166. The second-order valence-electron chi connectivity index (χ2n) is 8.19. The fourth-order valence-corrected chi connectivity index (χ4v) is 5.05. The Morgan fingerprint density at radius 2 is 1.73 bits per heavy atom. The van der Waals surface area contributed by atoms with Crippen LogP contribution in [0.25, 0.3) is 0 Å². The summed E-state index contributed by atoms with van der Waals surface area (Å²) in [6, 6.07) is 11.5. The predicted octanol–water partition coefficient (Wildman–Crippen LogP) is 3.95. The molecular formula is C23H27Cl2N3O4S. The van der Waals surface area contributed by atoms with Gasteiger partial charge in [0.2, 0.25) is 15.9 Å². The number of benzene rings is 2. The van der Waals surface area contributed by atoms with Gasteiger partial charge in [0.1, 0.15) is 0 Å². The van der Waals surface area contributed by atoms with Crippen LogP contribution in [0.4, 0.5) is 5.69 Å². The number of carbonyl (C=O) groups excluding carboxylic acids is 2. The first kappa shape index (κ1) is 25.3. The van der Waals surface area contributed by atoms with Gasteiger partial charge < -0.3 is 10.2 Å². The van der Waals surface area contributed by atoms with Crippen LogP contribution in [-0.4, -0.2) is 51.0 Å². The summed E-state index contributed by atoms with van der Waals surface area (Å²) in [6.45, 7) is 3.54. The molecule has 0 radical (unpaired) electrons. The number of anilines is 1. The summed E-state index contributed by atoms with van der Waals surface area (Å²) in [7, 11) is -3.61. The number of nitrogens with zero attached hydrogens (tertiary/aromatic N) is 2. The smallest absolute Gasteiger partial charge is 0.251 e. The van der Waals surface area contributed by atoms with Gasteiger partial charge in [-0.05, 0) is 54.7 Å². The van der Waals surface area contributed by atoms with E-state index in [0.29, 0.717) is 52.4 Å². The van der Waals surface area contributed by atoms with Crippen molar-refractivity contribution >= 4 is 50.7 Å². The van der Waals surface area contributed by atoms with Crippen molar-refractivity contribution in [1.82, 2.24) is 10.2 Å². The first-order valence-corrected chi connectivity index (χ1v) is 13.2. The van der Waals surface area contributed by atoms with Crippen LogP contribution in [0, 0.1) is 5.92 Å². The van der Waals surface area contributed by atoms with Crippen LogP contribution in [-0.2, 0) is 21.4 Å². The maximum absolute atomic E-state index is 12.6. The lowest BCUT2D eigenvalue weighted by Gasteiger charge is -2.31. The molecule has 0 unspecified atom stereocenters. The first-order valence-electron chi connectivity index (χ1n) is 10.6. The van der Waals surface area contributed by atoms with Crippen LogP contribution in [0.1, 0.15) is 35.7 Å². The molecule has 0 aromatic heterocycles. The third kappa shape index (κ3) is 6.62. The minimum Gasteiger partial charge on any atom is -0.352 e. The molecule has 0 atom stereocenters. The van der Waals surface area contributed by atoms with Crippen molar-refractivity contribution < 1.29 is 18.0 Å². The SMILES string of the molecule is CC(=O)N1CCC(CNC(=O)c2ccc(N(Cc3cccc(Cl)c3Cl)S(C)(=O)=O)cc2)CC1. The Kier molecular flexibility index (Phi) is 8.26. The Bertz CT molecular complexity index is 1120. The highest BCUT2D eigenvalue weighted by Crippen LogP contribution is 2.29. The summed E-state index contributed by atoms with van der Waals surface area (Å²) in [5.41, 5.74) is 1.43. The molecule has 0 spiro atoms. The maximum Gasteiger partial charge on any atom is 0.251 e. The highest BCUT2D eigenvalue weighted by Gasteiger charge is 2.22. The quantitative estimate of drug-likeness (QED) is 0.609. The monoisotopic (exact) mass is 511 g/mol. The van der Waals surface area contributed by atoms with E-state index in [0.717, 1.165) is 19.1 Å². The number of sulfonamides is 1. The van der Waals surface area contributed by atoms with Crippen molar-refractivity contribution in [2.45, 2.75) is 26.3 Å². The van der Waals surface area contributed by atoms with Crippen LogP contribution in [0.3, 0.4) is 0 Å². The van der Waals surface area contributed by atoms with E-state index in [9.17, 15) is 18.0 Å².